The molecule has 2 aromatic heterocycles. The normalized spacial score (nSPS) is 10.5. The molecule has 0 bridgehead atoms. The fraction of sp³-hybridized carbons (Fsp3) is 0.188. The van der Waals surface area contributed by atoms with Gasteiger partial charge in [0.15, 0.2) is 4.34 Å². The third kappa shape index (κ3) is 3.86. The van der Waals surface area contributed by atoms with E-state index in [9.17, 15) is 0 Å². The Labute approximate surface area is 135 Å². The summed E-state index contributed by atoms with van der Waals surface area (Å²) in [5.41, 5.74) is 2.11. The summed E-state index contributed by atoms with van der Waals surface area (Å²) in [6, 6.07) is 10.3. The number of hydrogen-bond acceptors (Lipinski definition) is 5. The summed E-state index contributed by atoms with van der Waals surface area (Å²) < 4.78 is 2.35. The number of fused-ring (bicyclic) bond motifs is 1. The van der Waals surface area contributed by atoms with Crippen molar-refractivity contribution in [2.24, 2.45) is 0 Å². The average Bonchev–Trinajstić information content (AvgIpc) is 3.11. The molecule has 1 N–H and O–H groups in total. The molecule has 0 spiro atoms. The lowest BCUT2D eigenvalue weighted by Gasteiger charge is -1.92. The van der Waals surface area contributed by atoms with Gasteiger partial charge in [0, 0.05) is 28.0 Å². The zero-order chi connectivity index (χ0) is 14.5. The van der Waals surface area contributed by atoms with Crippen molar-refractivity contribution in [1.82, 2.24) is 4.98 Å². The molecular weight excluding hydrogens is 318 g/mol. The van der Waals surface area contributed by atoms with Crippen molar-refractivity contribution in [3.8, 4) is 11.8 Å². The lowest BCUT2D eigenvalue weighted by molar-refractivity contribution is 0.305. The Kier molecular flexibility index (Phi) is 4.94. The molecule has 0 radical (unpaired) electrons. The molecule has 3 rings (SSSR count). The monoisotopic (exact) mass is 331 g/mol. The standard InChI is InChI=1S/C16H13NOS3/c18-8-4-3-5-12-9-13(19-10-12)11-20-16-17-14-6-1-2-7-15(14)21-16/h1-2,6-7,9-10,18H,4,8,11H2. The molecule has 21 heavy (non-hydrogen) atoms. The number of aliphatic hydroxyl groups is 1. The molecule has 0 aliphatic carbocycles. The van der Waals surface area contributed by atoms with E-state index in [0.717, 1.165) is 21.2 Å². The number of aliphatic hydroxyl groups excluding tert-OH is 1. The van der Waals surface area contributed by atoms with E-state index in [1.807, 2.05) is 12.1 Å². The van der Waals surface area contributed by atoms with Gasteiger partial charge in [0.1, 0.15) is 0 Å². The van der Waals surface area contributed by atoms with Gasteiger partial charge in [0.05, 0.1) is 16.8 Å². The zero-order valence-corrected chi connectivity index (χ0v) is 13.7. The predicted octanol–water partition coefficient (Wildman–Crippen LogP) is 4.38. The third-order valence-electron chi connectivity index (χ3n) is 2.74. The Balaban J connectivity index is 1.63. The summed E-state index contributed by atoms with van der Waals surface area (Å²) in [7, 11) is 0. The molecule has 1 aromatic carbocycles. The smallest absolute Gasteiger partial charge is 0.151 e. The average molecular weight is 331 g/mol. The maximum absolute atomic E-state index is 8.71. The Morgan fingerprint density at radius 2 is 2.19 bits per heavy atom. The molecule has 0 atom stereocenters. The Morgan fingerprint density at radius 1 is 1.29 bits per heavy atom. The number of benzene rings is 1. The Hall–Kier alpha value is -1.32. The van der Waals surface area contributed by atoms with Crippen molar-refractivity contribution in [2.75, 3.05) is 6.61 Å². The first kappa shape index (κ1) is 14.6. The van der Waals surface area contributed by atoms with E-state index in [0.29, 0.717) is 6.42 Å². The van der Waals surface area contributed by atoms with Crippen molar-refractivity contribution in [2.45, 2.75) is 16.5 Å². The first-order valence-electron chi connectivity index (χ1n) is 6.50. The quantitative estimate of drug-likeness (QED) is 0.569. The van der Waals surface area contributed by atoms with E-state index in [1.165, 1.54) is 9.58 Å². The van der Waals surface area contributed by atoms with E-state index in [2.05, 4.69) is 40.4 Å². The molecule has 2 heterocycles. The van der Waals surface area contributed by atoms with Gasteiger partial charge in [-0.1, -0.05) is 35.7 Å². The zero-order valence-electron chi connectivity index (χ0n) is 11.2. The molecule has 0 fully saturated rings. The molecule has 0 amide bonds. The van der Waals surface area contributed by atoms with E-state index in [1.54, 1.807) is 34.4 Å². The van der Waals surface area contributed by atoms with E-state index >= 15 is 0 Å². The first-order chi connectivity index (χ1) is 10.3. The second kappa shape index (κ2) is 7.10. The maximum Gasteiger partial charge on any atom is 0.151 e. The topological polar surface area (TPSA) is 33.1 Å². The summed E-state index contributed by atoms with van der Waals surface area (Å²) in [6.45, 7) is 0.122. The van der Waals surface area contributed by atoms with E-state index < -0.39 is 0 Å². The number of nitrogens with zero attached hydrogens (tertiary/aromatic N) is 1. The molecule has 0 saturated heterocycles. The van der Waals surface area contributed by atoms with Gasteiger partial charge >= 0.3 is 0 Å². The van der Waals surface area contributed by atoms with Crippen LogP contribution in [-0.2, 0) is 5.75 Å². The molecule has 0 saturated carbocycles. The van der Waals surface area contributed by atoms with Crippen LogP contribution in [0.5, 0.6) is 0 Å². The summed E-state index contributed by atoms with van der Waals surface area (Å²) in [4.78, 5) is 5.92. The van der Waals surface area contributed by atoms with Gasteiger partial charge in [-0.2, -0.15) is 0 Å². The number of thiazole rings is 1. The van der Waals surface area contributed by atoms with Gasteiger partial charge in [0.25, 0.3) is 0 Å². The van der Waals surface area contributed by atoms with Crippen LogP contribution in [0.1, 0.15) is 16.9 Å². The van der Waals surface area contributed by atoms with Gasteiger partial charge in [0.2, 0.25) is 0 Å². The highest BCUT2D eigenvalue weighted by Crippen LogP contribution is 2.32. The molecule has 0 unspecified atom stereocenters. The largest absolute Gasteiger partial charge is 0.395 e. The summed E-state index contributed by atoms with van der Waals surface area (Å²) in [5.74, 6) is 6.93. The number of hydrogen-bond donors (Lipinski definition) is 1. The second-order valence-corrected chi connectivity index (χ2v) is 7.56. The fourth-order valence-corrected chi connectivity index (χ4v) is 4.73. The minimum atomic E-state index is 0.122. The summed E-state index contributed by atoms with van der Waals surface area (Å²) in [6.07, 6.45) is 0.533. The second-order valence-electron chi connectivity index (χ2n) is 4.31. The number of rotatable bonds is 4. The van der Waals surface area contributed by atoms with Gasteiger partial charge in [-0.3, -0.25) is 0 Å². The van der Waals surface area contributed by atoms with Crippen LogP contribution in [0.4, 0.5) is 0 Å². The number of aromatic nitrogens is 1. The fourth-order valence-electron chi connectivity index (χ4n) is 1.79. The highest BCUT2D eigenvalue weighted by molar-refractivity contribution is 8.00. The van der Waals surface area contributed by atoms with Crippen LogP contribution in [0.15, 0.2) is 40.1 Å². The van der Waals surface area contributed by atoms with Gasteiger partial charge in [-0.25, -0.2) is 4.98 Å². The number of thiophene rings is 1. The van der Waals surface area contributed by atoms with Crippen molar-refractivity contribution in [3.05, 3.63) is 46.2 Å². The van der Waals surface area contributed by atoms with Crippen LogP contribution in [0, 0.1) is 11.8 Å². The molecule has 2 nitrogen and oxygen atoms in total. The predicted molar refractivity (Wildman–Crippen MR) is 92.1 cm³/mol. The summed E-state index contributed by atoms with van der Waals surface area (Å²) in [5, 5.41) is 10.8. The van der Waals surface area contributed by atoms with E-state index in [4.69, 9.17) is 5.11 Å². The van der Waals surface area contributed by atoms with Crippen molar-refractivity contribution in [1.29, 1.82) is 0 Å². The highest BCUT2D eigenvalue weighted by Gasteiger charge is 2.05. The molecule has 0 aliphatic heterocycles. The lowest BCUT2D eigenvalue weighted by Crippen LogP contribution is -1.76. The van der Waals surface area contributed by atoms with Crippen LogP contribution in [0.3, 0.4) is 0 Å². The van der Waals surface area contributed by atoms with Gasteiger partial charge < -0.3 is 5.11 Å². The maximum atomic E-state index is 8.71. The van der Waals surface area contributed by atoms with Crippen LogP contribution >= 0.6 is 34.4 Å². The van der Waals surface area contributed by atoms with Crippen LogP contribution in [-0.4, -0.2) is 16.7 Å². The molecular formula is C16H13NOS3. The Bertz CT molecular complexity index is 761. The minimum Gasteiger partial charge on any atom is -0.395 e. The third-order valence-corrected chi connectivity index (χ3v) is 6.08. The van der Waals surface area contributed by atoms with Crippen LogP contribution < -0.4 is 0 Å². The number of thioether (sulfide) groups is 1. The van der Waals surface area contributed by atoms with Crippen LogP contribution in [0.25, 0.3) is 10.2 Å². The first-order valence-corrected chi connectivity index (χ1v) is 9.19. The lowest BCUT2D eigenvalue weighted by atomic mass is 10.3. The molecule has 3 aromatic rings. The highest BCUT2D eigenvalue weighted by atomic mass is 32.2. The van der Waals surface area contributed by atoms with Crippen molar-refractivity contribution < 1.29 is 5.11 Å². The van der Waals surface area contributed by atoms with Crippen molar-refractivity contribution >= 4 is 44.7 Å². The van der Waals surface area contributed by atoms with E-state index in [-0.39, 0.29) is 6.61 Å². The van der Waals surface area contributed by atoms with Crippen LogP contribution in [0.2, 0.25) is 0 Å². The number of para-hydroxylation sites is 1. The van der Waals surface area contributed by atoms with Gasteiger partial charge in [-0.05, 0) is 18.2 Å². The summed E-state index contributed by atoms with van der Waals surface area (Å²) >= 11 is 5.24. The minimum absolute atomic E-state index is 0.122. The molecule has 106 valence electrons. The van der Waals surface area contributed by atoms with Crippen molar-refractivity contribution in [3.63, 3.8) is 0 Å². The van der Waals surface area contributed by atoms with Gasteiger partial charge in [-0.15, -0.1) is 22.7 Å². The molecule has 5 heteroatoms. The Morgan fingerprint density at radius 3 is 3.05 bits per heavy atom. The molecule has 0 aliphatic rings. The SMILES string of the molecule is OCCC#Cc1csc(CSc2nc3ccccc3s2)c1.